The highest BCUT2D eigenvalue weighted by Crippen LogP contribution is 2.22. The summed E-state index contributed by atoms with van der Waals surface area (Å²) in [6, 6.07) is 5.21. The van der Waals surface area contributed by atoms with Gasteiger partial charge in [0, 0.05) is 32.3 Å². The van der Waals surface area contributed by atoms with Crippen LogP contribution in [0.5, 0.6) is 5.75 Å². The third-order valence-corrected chi connectivity index (χ3v) is 5.31. The molecule has 1 atom stereocenters. The molecule has 0 aliphatic carbocycles. The van der Waals surface area contributed by atoms with E-state index >= 15 is 0 Å². The Morgan fingerprint density at radius 1 is 1.40 bits per heavy atom. The lowest BCUT2D eigenvalue weighted by atomic mass is 10.2. The van der Waals surface area contributed by atoms with Crippen LogP contribution >= 0.6 is 15.9 Å². The van der Waals surface area contributed by atoms with E-state index in [9.17, 15) is 9.00 Å². The quantitative estimate of drug-likeness (QED) is 0.876. The maximum Gasteiger partial charge on any atom is 0.252 e. The van der Waals surface area contributed by atoms with Crippen molar-refractivity contribution in [2.75, 3.05) is 19.4 Å². The zero-order valence-electron chi connectivity index (χ0n) is 12.2. The number of nitrogens with one attached hydrogen (secondary N) is 1. The van der Waals surface area contributed by atoms with Crippen molar-refractivity contribution in [2.24, 2.45) is 0 Å². The fourth-order valence-corrected chi connectivity index (χ4v) is 2.79. The molecular formula is C14H20BrNO3S. The maximum absolute atomic E-state index is 12.1. The first-order valence-corrected chi connectivity index (χ1v) is 8.37. The third-order valence-electron chi connectivity index (χ3n) is 2.67. The zero-order valence-corrected chi connectivity index (χ0v) is 14.6. The summed E-state index contributed by atoms with van der Waals surface area (Å²) in [5.41, 5.74) is 0.505. The highest BCUT2D eigenvalue weighted by atomic mass is 79.9. The number of methoxy groups -OCH3 is 1. The number of benzene rings is 1. The lowest BCUT2D eigenvalue weighted by Gasteiger charge is -2.17. The van der Waals surface area contributed by atoms with Crippen LogP contribution < -0.4 is 10.1 Å². The van der Waals surface area contributed by atoms with Gasteiger partial charge in [-0.1, -0.05) is 0 Å². The van der Waals surface area contributed by atoms with E-state index in [2.05, 4.69) is 21.2 Å². The Bertz CT molecular complexity index is 512. The number of hydrogen-bond donors (Lipinski definition) is 1. The summed E-state index contributed by atoms with van der Waals surface area (Å²) in [7, 11) is 0.580. The second kappa shape index (κ2) is 7.22. The number of hydrogen-bond acceptors (Lipinski definition) is 3. The molecule has 0 aliphatic rings. The van der Waals surface area contributed by atoms with Crippen molar-refractivity contribution in [1.82, 2.24) is 5.32 Å². The molecule has 0 radical (unpaired) electrons. The number of ether oxygens (including phenoxy) is 1. The largest absolute Gasteiger partial charge is 0.497 e. The van der Waals surface area contributed by atoms with Crippen LogP contribution in [-0.4, -0.2) is 34.3 Å². The van der Waals surface area contributed by atoms with Crippen molar-refractivity contribution in [2.45, 2.75) is 25.5 Å². The Labute approximate surface area is 130 Å². The third kappa shape index (κ3) is 4.90. The van der Waals surface area contributed by atoms with E-state index in [1.165, 1.54) is 0 Å². The molecule has 0 aliphatic heterocycles. The lowest BCUT2D eigenvalue weighted by molar-refractivity contribution is 0.0955. The van der Waals surface area contributed by atoms with E-state index in [-0.39, 0.29) is 10.7 Å². The van der Waals surface area contributed by atoms with Gasteiger partial charge in [-0.3, -0.25) is 9.00 Å². The van der Waals surface area contributed by atoms with E-state index in [1.807, 2.05) is 20.8 Å². The van der Waals surface area contributed by atoms with E-state index in [1.54, 1.807) is 25.3 Å². The molecule has 0 bridgehead atoms. The number of carbonyl (C=O) groups excluding carboxylic acids is 1. The van der Waals surface area contributed by atoms with Crippen LogP contribution in [0.2, 0.25) is 0 Å². The van der Waals surface area contributed by atoms with Crippen molar-refractivity contribution in [3.8, 4) is 5.75 Å². The topological polar surface area (TPSA) is 55.4 Å². The second-order valence-electron chi connectivity index (χ2n) is 5.26. The molecular weight excluding hydrogens is 342 g/mol. The second-order valence-corrected chi connectivity index (χ2v) is 8.44. The molecule has 1 rings (SSSR count). The number of halogens is 1. The number of carbonyl (C=O) groups is 1. The van der Waals surface area contributed by atoms with Gasteiger partial charge in [-0.2, -0.15) is 0 Å². The van der Waals surface area contributed by atoms with Crippen LogP contribution in [0.15, 0.2) is 22.7 Å². The minimum atomic E-state index is -0.973. The summed E-state index contributed by atoms with van der Waals surface area (Å²) in [4.78, 5) is 12.1. The van der Waals surface area contributed by atoms with Crippen molar-refractivity contribution in [3.63, 3.8) is 0 Å². The Balaban J connectivity index is 2.62. The Morgan fingerprint density at radius 2 is 2.05 bits per heavy atom. The van der Waals surface area contributed by atoms with E-state index in [4.69, 9.17) is 4.74 Å². The Hall–Kier alpha value is -0.880. The summed E-state index contributed by atoms with van der Waals surface area (Å²) in [5, 5.41) is 2.78. The maximum atomic E-state index is 12.1. The van der Waals surface area contributed by atoms with E-state index in [0.717, 1.165) is 0 Å². The predicted octanol–water partition coefficient (Wildman–Crippen LogP) is 2.73. The molecule has 1 unspecified atom stereocenters. The predicted molar refractivity (Wildman–Crippen MR) is 85.8 cm³/mol. The van der Waals surface area contributed by atoms with Gasteiger partial charge in [0.25, 0.3) is 5.91 Å². The summed E-state index contributed by atoms with van der Waals surface area (Å²) < 4.78 is 17.4. The van der Waals surface area contributed by atoms with Crippen molar-refractivity contribution in [1.29, 1.82) is 0 Å². The van der Waals surface area contributed by atoms with Crippen LogP contribution in [0.3, 0.4) is 0 Å². The minimum absolute atomic E-state index is 0.207. The molecule has 0 spiro atoms. The van der Waals surface area contributed by atoms with Gasteiger partial charge < -0.3 is 10.1 Å². The molecule has 1 N–H and O–H groups in total. The molecule has 1 amide bonds. The first kappa shape index (κ1) is 17.2. The van der Waals surface area contributed by atoms with Crippen molar-refractivity contribution < 1.29 is 13.7 Å². The van der Waals surface area contributed by atoms with Gasteiger partial charge in [0.05, 0.1) is 12.7 Å². The monoisotopic (exact) mass is 361 g/mol. The van der Waals surface area contributed by atoms with E-state index in [0.29, 0.717) is 28.1 Å². The molecule has 0 aromatic heterocycles. The van der Waals surface area contributed by atoms with Gasteiger partial charge in [0.1, 0.15) is 5.75 Å². The molecule has 6 heteroatoms. The first-order chi connectivity index (χ1) is 9.25. The molecule has 1 aromatic rings. The molecule has 0 fully saturated rings. The SMILES string of the molecule is COc1ccc(Br)c(C(=O)NCCS(=O)C(C)(C)C)c1. The molecule has 112 valence electrons. The van der Waals surface area contributed by atoms with Gasteiger partial charge in [0.2, 0.25) is 0 Å². The average molecular weight is 362 g/mol. The lowest BCUT2D eigenvalue weighted by Crippen LogP contribution is -2.32. The first-order valence-electron chi connectivity index (χ1n) is 6.26. The van der Waals surface area contributed by atoms with Gasteiger partial charge in [0.15, 0.2) is 0 Å². The number of amides is 1. The smallest absolute Gasteiger partial charge is 0.252 e. The highest BCUT2D eigenvalue weighted by Gasteiger charge is 2.19. The molecule has 0 saturated carbocycles. The summed E-state index contributed by atoms with van der Waals surface area (Å²) >= 11 is 3.34. The van der Waals surface area contributed by atoms with Crippen LogP contribution in [0.25, 0.3) is 0 Å². The molecule has 20 heavy (non-hydrogen) atoms. The van der Waals surface area contributed by atoms with E-state index < -0.39 is 10.8 Å². The Kier molecular flexibility index (Phi) is 6.20. The summed E-state index contributed by atoms with van der Waals surface area (Å²) in [6.07, 6.45) is 0. The average Bonchev–Trinajstić information content (AvgIpc) is 2.37. The number of rotatable bonds is 5. The minimum Gasteiger partial charge on any atom is -0.497 e. The molecule has 4 nitrogen and oxygen atoms in total. The summed E-state index contributed by atoms with van der Waals surface area (Å²) in [5.74, 6) is 0.856. The van der Waals surface area contributed by atoms with Gasteiger partial charge in [-0.25, -0.2) is 0 Å². The normalized spacial score (nSPS) is 12.8. The molecule has 0 heterocycles. The molecule has 0 saturated heterocycles. The summed E-state index contributed by atoms with van der Waals surface area (Å²) in [6.45, 7) is 6.14. The fourth-order valence-electron chi connectivity index (χ4n) is 1.46. The van der Waals surface area contributed by atoms with Gasteiger partial charge in [-0.05, 0) is 54.9 Å². The highest BCUT2D eigenvalue weighted by molar-refractivity contribution is 9.10. The van der Waals surface area contributed by atoms with Crippen LogP contribution in [-0.2, 0) is 10.8 Å². The van der Waals surface area contributed by atoms with Gasteiger partial charge in [-0.15, -0.1) is 0 Å². The van der Waals surface area contributed by atoms with Crippen molar-refractivity contribution in [3.05, 3.63) is 28.2 Å². The zero-order chi connectivity index (χ0) is 15.3. The van der Waals surface area contributed by atoms with Gasteiger partial charge >= 0.3 is 0 Å². The standard InChI is InChI=1S/C14H20BrNO3S/c1-14(2,3)20(18)8-7-16-13(17)11-9-10(19-4)5-6-12(11)15/h5-6,9H,7-8H2,1-4H3,(H,16,17). The van der Waals surface area contributed by atoms with Crippen molar-refractivity contribution >= 4 is 32.6 Å². The van der Waals surface area contributed by atoms with Crippen LogP contribution in [0, 0.1) is 0 Å². The fraction of sp³-hybridized carbons (Fsp3) is 0.500. The Morgan fingerprint density at radius 3 is 2.60 bits per heavy atom. The van der Waals surface area contributed by atoms with Crippen LogP contribution in [0.1, 0.15) is 31.1 Å². The molecule has 1 aromatic carbocycles. The van der Waals surface area contributed by atoms with Crippen LogP contribution in [0.4, 0.5) is 0 Å².